The van der Waals surface area contributed by atoms with Crippen molar-refractivity contribution in [2.75, 3.05) is 0 Å². The number of hydrogen-bond acceptors (Lipinski definition) is 1. The van der Waals surface area contributed by atoms with Crippen LogP contribution >= 0.6 is 0 Å². The fraction of sp³-hybridized carbons (Fsp3) is 0.500. The lowest BCUT2D eigenvalue weighted by Crippen LogP contribution is -2.50. The van der Waals surface area contributed by atoms with Crippen molar-refractivity contribution in [3.63, 3.8) is 0 Å². The van der Waals surface area contributed by atoms with Crippen LogP contribution in [0.25, 0.3) is 10.8 Å². The minimum absolute atomic E-state index is 0.188. The quantitative estimate of drug-likeness (QED) is 0.815. The van der Waals surface area contributed by atoms with E-state index >= 15 is 0 Å². The van der Waals surface area contributed by atoms with E-state index in [0.29, 0.717) is 17.8 Å². The molecule has 0 saturated heterocycles. The highest BCUT2D eigenvalue weighted by Crippen LogP contribution is 2.47. The number of rotatable bonds is 2. The molecule has 0 amide bonds. The van der Waals surface area contributed by atoms with E-state index in [1.54, 1.807) is 0 Å². The van der Waals surface area contributed by atoms with Crippen molar-refractivity contribution < 1.29 is 0 Å². The van der Waals surface area contributed by atoms with Gasteiger partial charge in [0, 0.05) is 5.54 Å². The smallest absolute Gasteiger partial charge is 0.0449 e. The summed E-state index contributed by atoms with van der Waals surface area (Å²) in [5, 5.41) is 2.64. The molecule has 0 aromatic heterocycles. The molecular weight excluding hydrogens is 254 g/mol. The van der Waals surface area contributed by atoms with Gasteiger partial charge in [-0.25, -0.2) is 0 Å². The third kappa shape index (κ3) is 2.48. The predicted octanol–water partition coefficient (Wildman–Crippen LogP) is 5.09. The van der Waals surface area contributed by atoms with Gasteiger partial charge in [0.2, 0.25) is 0 Å². The highest BCUT2D eigenvalue weighted by atomic mass is 14.8. The molecule has 0 spiro atoms. The third-order valence-electron chi connectivity index (χ3n) is 5.41. The molecule has 0 heterocycles. The van der Waals surface area contributed by atoms with Crippen LogP contribution in [0.5, 0.6) is 0 Å². The van der Waals surface area contributed by atoms with Crippen LogP contribution in [0.2, 0.25) is 0 Å². The Kier molecular flexibility index (Phi) is 3.79. The maximum atomic E-state index is 7.08. The van der Waals surface area contributed by atoms with Gasteiger partial charge in [-0.1, -0.05) is 69.7 Å². The van der Waals surface area contributed by atoms with E-state index in [1.807, 2.05) is 0 Å². The molecule has 0 aliphatic heterocycles. The number of hydrogen-bond donors (Lipinski definition) is 1. The van der Waals surface area contributed by atoms with Crippen LogP contribution in [0, 0.1) is 17.8 Å². The molecule has 3 atom stereocenters. The Morgan fingerprint density at radius 2 is 1.76 bits per heavy atom. The maximum absolute atomic E-state index is 7.08. The average molecular weight is 281 g/mol. The van der Waals surface area contributed by atoms with Crippen LogP contribution in [0.1, 0.15) is 45.6 Å². The second-order valence-corrected chi connectivity index (χ2v) is 7.30. The van der Waals surface area contributed by atoms with Gasteiger partial charge in [0.1, 0.15) is 0 Å². The van der Waals surface area contributed by atoms with Gasteiger partial charge in [-0.2, -0.15) is 0 Å². The van der Waals surface area contributed by atoms with Gasteiger partial charge in [0.05, 0.1) is 0 Å². The zero-order chi connectivity index (χ0) is 15.0. The highest BCUT2D eigenvalue weighted by molar-refractivity contribution is 5.86. The largest absolute Gasteiger partial charge is 0.321 e. The second-order valence-electron chi connectivity index (χ2n) is 7.30. The molecule has 3 rings (SSSR count). The van der Waals surface area contributed by atoms with E-state index in [-0.39, 0.29) is 5.54 Å². The summed E-state index contributed by atoms with van der Waals surface area (Å²) in [6.07, 6.45) is 3.66. The van der Waals surface area contributed by atoms with Crippen LogP contribution in [-0.4, -0.2) is 0 Å². The van der Waals surface area contributed by atoms with Gasteiger partial charge in [-0.3, -0.25) is 0 Å². The Balaban J connectivity index is 2.17. The van der Waals surface area contributed by atoms with Gasteiger partial charge in [0.25, 0.3) is 0 Å². The first-order valence-electron chi connectivity index (χ1n) is 8.29. The van der Waals surface area contributed by atoms with Crippen LogP contribution < -0.4 is 5.73 Å². The van der Waals surface area contributed by atoms with Gasteiger partial charge in [-0.15, -0.1) is 0 Å². The SMILES string of the molecule is CC1CCC(C(C)C)C(N)(c2cccc3ccccc23)C1. The van der Waals surface area contributed by atoms with E-state index in [9.17, 15) is 0 Å². The summed E-state index contributed by atoms with van der Waals surface area (Å²) in [7, 11) is 0. The van der Waals surface area contributed by atoms with Crippen molar-refractivity contribution in [3.05, 3.63) is 48.0 Å². The summed E-state index contributed by atoms with van der Waals surface area (Å²) < 4.78 is 0. The zero-order valence-electron chi connectivity index (χ0n) is 13.5. The van der Waals surface area contributed by atoms with Crippen molar-refractivity contribution in [1.82, 2.24) is 0 Å². The first kappa shape index (κ1) is 14.6. The Morgan fingerprint density at radius 3 is 2.52 bits per heavy atom. The van der Waals surface area contributed by atoms with Crippen molar-refractivity contribution in [2.24, 2.45) is 23.5 Å². The Bertz CT molecular complexity index is 625. The van der Waals surface area contributed by atoms with Crippen LogP contribution in [0.15, 0.2) is 42.5 Å². The number of nitrogens with two attached hydrogens (primary N) is 1. The van der Waals surface area contributed by atoms with E-state index in [4.69, 9.17) is 5.73 Å². The Labute approximate surface area is 128 Å². The lowest BCUT2D eigenvalue weighted by atomic mass is 9.62. The van der Waals surface area contributed by atoms with Gasteiger partial charge in [0.15, 0.2) is 0 Å². The average Bonchev–Trinajstić information content (AvgIpc) is 2.46. The summed E-state index contributed by atoms with van der Waals surface area (Å²) in [6, 6.07) is 15.3. The van der Waals surface area contributed by atoms with E-state index in [0.717, 1.165) is 6.42 Å². The Hall–Kier alpha value is -1.34. The molecule has 1 aliphatic carbocycles. The molecule has 2 aromatic carbocycles. The first-order valence-corrected chi connectivity index (χ1v) is 8.29. The molecule has 1 heteroatoms. The summed E-state index contributed by atoms with van der Waals surface area (Å²) in [5.74, 6) is 1.91. The van der Waals surface area contributed by atoms with Crippen molar-refractivity contribution in [3.8, 4) is 0 Å². The van der Waals surface area contributed by atoms with Crippen molar-refractivity contribution >= 4 is 10.8 Å². The molecule has 1 fully saturated rings. The summed E-state index contributed by atoms with van der Waals surface area (Å²) in [6.45, 7) is 7.00. The minimum Gasteiger partial charge on any atom is -0.321 e. The maximum Gasteiger partial charge on any atom is 0.0449 e. The monoisotopic (exact) mass is 281 g/mol. The zero-order valence-corrected chi connectivity index (χ0v) is 13.5. The molecule has 1 saturated carbocycles. The topological polar surface area (TPSA) is 26.0 Å². The molecule has 0 radical (unpaired) electrons. The van der Waals surface area contributed by atoms with Crippen LogP contribution in [0.4, 0.5) is 0 Å². The predicted molar refractivity (Wildman–Crippen MR) is 91.2 cm³/mol. The molecule has 3 unspecified atom stereocenters. The molecule has 2 N–H and O–H groups in total. The number of fused-ring (bicyclic) bond motifs is 1. The summed E-state index contributed by atoms with van der Waals surface area (Å²) >= 11 is 0. The fourth-order valence-electron chi connectivity index (χ4n) is 4.42. The van der Waals surface area contributed by atoms with Crippen LogP contribution in [0.3, 0.4) is 0 Å². The lowest BCUT2D eigenvalue weighted by Gasteiger charge is -2.46. The van der Waals surface area contributed by atoms with E-state index in [1.165, 1.54) is 29.2 Å². The summed E-state index contributed by atoms with van der Waals surface area (Å²) in [5.41, 5.74) is 8.25. The fourth-order valence-corrected chi connectivity index (χ4v) is 4.42. The van der Waals surface area contributed by atoms with Crippen molar-refractivity contribution in [2.45, 2.75) is 45.6 Å². The molecule has 21 heavy (non-hydrogen) atoms. The summed E-state index contributed by atoms with van der Waals surface area (Å²) in [4.78, 5) is 0. The second kappa shape index (κ2) is 5.46. The van der Waals surface area contributed by atoms with E-state index in [2.05, 4.69) is 63.2 Å². The van der Waals surface area contributed by atoms with Gasteiger partial charge >= 0.3 is 0 Å². The van der Waals surface area contributed by atoms with Gasteiger partial charge in [-0.05, 0) is 46.9 Å². The molecule has 0 bridgehead atoms. The minimum atomic E-state index is -0.188. The first-order chi connectivity index (χ1) is 10.0. The molecule has 2 aromatic rings. The molecule has 112 valence electrons. The van der Waals surface area contributed by atoms with Gasteiger partial charge < -0.3 is 5.73 Å². The third-order valence-corrected chi connectivity index (χ3v) is 5.41. The molecule has 1 aliphatic rings. The molecular formula is C20H27N. The molecule has 1 nitrogen and oxygen atoms in total. The highest BCUT2D eigenvalue weighted by Gasteiger charge is 2.43. The van der Waals surface area contributed by atoms with Crippen molar-refractivity contribution in [1.29, 1.82) is 0 Å². The standard InChI is InChI=1S/C20H27N/c1-14(2)18-12-11-15(3)13-20(18,21)19-10-6-8-16-7-4-5-9-17(16)19/h4-10,14-15,18H,11-13,21H2,1-3H3. The number of benzene rings is 2. The van der Waals surface area contributed by atoms with E-state index < -0.39 is 0 Å². The normalized spacial score (nSPS) is 30.0. The van der Waals surface area contributed by atoms with Crippen LogP contribution in [-0.2, 0) is 5.54 Å². The lowest BCUT2D eigenvalue weighted by molar-refractivity contribution is 0.110. The Morgan fingerprint density at radius 1 is 1.05 bits per heavy atom.